The van der Waals surface area contributed by atoms with Gasteiger partial charge in [-0.3, -0.25) is 4.79 Å². The molecule has 2 saturated carbocycles. The van der Waals surface area contributed by atoms with Gasteiger partial charge in [0.15, 0.2) is 0 Å². The Hall–Kier alpha value is -3.00. The first kappa shape index (κ1) is 18.1. The van der Waals surface area contributed by atoms with Crippen LogP contribution in [0.25, 0.3) is 11.4 Å². The maximum absolute atomic E-state index is 12.9. The van der Waals surface area contributed by atoms with Gasteiger partial charge in [-0.1, -0.05) is 30.3 Å². The number of nitrogens with one attached hydrogen (secondary N) is 1. The number of imidazole rings is 1. The van der Waals surface area contributed by atoms with Gasteiger partial charge in [0.25, 0.3) is 0 Å². The van der Waals surface area contributed by atoms with E-state index in [-0.39, 0.29) is 17.9 Å². The maximum atomic E-state index is 12.9. The summed E-state index contributed by atoms with van der Waals surface area (Å²) in [5.41, 5.74) is 0.448. The Labute approximate surface area is 168 Å². The van der Waals surface area contributed by atoms with Crippen molar-refractivity contribution in [3.63, 3.8) is 0 Å². The Kier molecular flexibility index (Phi) is 4.43. The molecule has 5 rings (SSSR count). The third-order valence-corrected chi connectivity index (χ3v) is 6.15. The number of carbonyl (C=O) groups excluding carboxylic acids is 1. The van der Waals surface area contributed by atoms with E-state index >= 15 is 0 Å². The first-order valence-corrected chi connectivity index (χ1v) is 10.1. The van der Waals surface area contributed by atoms with Gasteiger partial charge < -0.3 is 15.0 Å². The number of rotatable bonds is 6. The summed E-state index contributed by atoms with van der Waals surface area (Å²) in [6, 6.07) is 9.85. The molecular weight excluding hydrogens is 368 g/mol. The second-order valence-electron chi connectivity index (χ2n) is 8.13. The zero-order chi connectivity index (χ0) is 19.8. The average Bonchev–Trinajstić information content (AvgIpc) is 3.08. The van der Waals surface area contributed by atoms with Crippen LogP contribution in [0.1, 0.15) is 25.7 Å². The molecule has 8 heteroatoms. The number of amides is 1. The predicted molar refractivity (Wildman–Crippen MR) is 106 cm³/mol. The van der Waals surface area contributed by atoms with E-state index < -0.39 is 11.6 Å². The van der Waals surface area contributed by atoms with Crippen LogP contribution in [0.5, 0.6) is 0 Å². The molecule has 150 valence electrons. The Morgan fingerprint density at radius 2 is 2.07 bits per heavy atom. The number of hydrogen-bond acceptors (Lipinski definition) is 5. The lowest BCUT2D eigenvalue weighted by Crippen LogP contribution is -2.47. The highest BCUT2D eigenvalue weighted by Gasteiger charge is 2.53. The zero-order valence-corrected chi connectivity index (χ0v) is 16.1. The highest BCUT2D eigenvalue weighted by molar-refractivity contribution is 5.87. The quantitative estimate of drug-likeness (QED) is 0.664. The van der Waals surface area contributed by atoms with Crippen LogP contribution in [0.4, 0.5) is 0 Å². The van der Waals surface area contributed by atoms with Gasteiger partial charge >= 0.3 is 0 Å². The number of hydrogen-bond donors (Lipinski definition) is 2. The molecule has 0 bridgehead atoms. The minimum Gasteiger partial charge on any atom is -0.391 e. The Morgan fingerprint density at radius 1 is 1.24 bits per heavy atom. The number of benzene rings is 1. The van der Waals surface area contributed by atoms with Crippen molar-refractivity contribution in [2.24, 2.45) is 5.92 Å². The van der Waals surface area contributed by atoms with Crippen molar-refractivity contribution < 1.29 is 9.90 Å². The molecule has 0 spiro atoms. The van der Waals surface area contributed by atoms with E-state index in [0.717, 1.165) is 37.2 Å². The Morgan fingerprint density at radius 3 is 2.79 bits per heavy atom. The third-order valence-electron chi connectivity index (χ3n) is 6.15. The second-order valence-corrected chi connectivity index (χ2v) is 8.13. The van der Waals surface area contributed by atoms with Gasteiger partial charge in [0.2, 0.25) is 5.91 Å². The first-order valence-electron chi connectivity index (χ1n) is 10.1. The molecule has 2 heterocycles. The van der Waals surface area contributed by atoms with Crippen LogP contribution in [0.3, 0.4) is 0 Å². The molecule has 2 aromatic heterocycles. The maximum Gasteiger partial charge on any atom is 0.248 e. The summed E-state index contributed by atoms with van der Waals surface area (Å²) in [6.45, 7) is 0.766. The van der Waals surface area contributed by atoms with E-state index in [2.05, 4.69) is 25.0 Å². The molecule has 3 atom stereocenters. The first-order chi connectivity index (χ1) is 14.2. The van der Waals surface area contributed by atoms with Gasteiger partial charge in [-0.2, -0.15) is 5.10 Å². The largest absolute Gasteiger partial charge is 0.391 e. The van der Waals surface area contributed by atoms with Crippen molar-refractivity contribution in [1.82, 2.24) is 29.6 Å². The molecule has 29 heavy (non-hydrogen) atoms. The molecule has 2 aliphatic rings. The fourth-order valence-corrected chi connectivity index (χ4v) is 4.42. The highest BCUT2D eigenvalue weighted by atomic mass is 16.3. The van der Waals surface area contributed by atoms with Crippen LogP contribution in [0.15, 0.2) is 55.4 Å². The van der Waals surface area contributed by atoms with Gasteiger partial charge in [-0.05, 0) is 31.6 Å². The van der Waals surface area contributed by atoms with Crippen molar-refractivity contribution in [1.29, 1.82) is 0 Å². The molecule has 0 aliphatic heterocycles. The molecule has 3 aromatic rings. The van der Waals surface area contributed by atoms with Crippen molar-refractivity contribution >= 4 is 5.91 Å². The molecule has 8 nitrogen and oxygen atoms in total. The molecule has 1 aromatic carbocycles. The standard InChI is InChI=1S/C21H24N6O2/c28-18-11-15(12-26-9-8-23-19(26)16-4-2-1-3-5-16)10-17(18)25-20(29)21(6-7-21)27-14-22-13-24-27/h1-5,8-9,13-15,17-18,28H,6-7,10-12H2,(H,25,29)/t15?,17-,18-/m1/s1. The van der Waals surface area contributed by atoms with Crippen LogP contribution in [0.2, 0.25) is 0 Å². The van der Waals surface area contributed by atoms with Crippen molar-refractivity contribution in [2.75, 3.05) is 0 Å². The van der Waals surface area contributed by atoms with E-state index in [1.165, 1.54) is 6.33 Å². The number of carbonyl (C=O) groups is 1. The Bertz CT molecular complexity index is 980. The summed E-state index contributed by atoms with van der Waals surface area (Å²) in [7, 11) is 0. The minimum absolute atomic E-state index is 0.0692. The second kappa shape index (κ2) is 7.11. The molecule has 0 saturated heterocycles. The van der Waals surface area contributed by atoms with Gasteiger partial charge in [-0.15, -0.1) is 0 Å². The molecule has 1 amide bonds. The molecule has 0 radical (unpaired) electrons. The molecular formula is C21H24N6O2. The van der Waals surface area contributed by atoms with E-state index in [4.69, 9.17) is 0 Å². The van der Waals surface area contributed by atoms with E-state index in [1.807, 2.05) is 42.7 Å². The lowest BCUT2D eigenvalue weighted by atomic mass is 10.1. The van der Waals surface area contributed by atoms with Crippen LogP contribution in [-0.2, 0) is 16.9 Å². The van der Waals surface area contributed by atoms with Crippen LogP contribution in [0, 0.1) is 5.92 Å². The number of nitrogens with zero attached hydrogens (tertiary/aromatic N) is 5. The summed E-state index contributed by atoms with van der Waals surface area (Å²) in [4.78, 5) is 21.3. The third kappa shape index (κ3) is 3.33. The van der Waals surface area contributed by atoms with Crippen LogP contribution in [-0.4, -0.2) is 47.5 Å². The predicted octanol–water partition coefficient (Wildman–Crippen LogP) is 1.59. The summed E-state index contributed by atoms with van der Waals surface area (Å²) >= 11 is 0. The van der Waals surface area contributed by atoms with Crippen molar-refractivity contribution in [3.05, 3.63) is 55.4 Å². The molecule has 2 N–H and O–H groups in total. The fraction of sp³-hybridized carbons (Fsp3) is 0.429. The summed E-state index contributed by atoms with van der Waals surface area (Å²) in [5.74, 6) is 1.13. The fourth-order valence-electron chi connectivity index (χ4n) is 4.42. The monoisotopic (exact) mass is 392 g/mol. The number of aromatic nitrogens is 5. The molecule has 2 aliphatic carbocycles. The molecule has 1 unspecified atom stereocenters. The lowest BCUT2D eigenvalue weighted by molar-refractivity contribution is -0.127. The van der Waals surface area contributed by atoms with Gasteiger partial charge in [0.1, 0.15) is 24.0 Å². The number of aliphatic hydroxyl groups excluding tert-OH is 1. The molecule has 2 fully saturated rings. The topological polar surface area (TPSA) is 97.9 Å². The summed E-state index contributed by atoms with van der Waals surface area (Å²) in [6.07, 6.45) is 9.19. The van der Waals surface area contributed by atoms with E-state index in [9.17, 15) is 9.90 Å². The Balaban J connectivity index is 1.24. The van der Waals surface area contributed by atoms with Gasteiger partial charge in [0, 0.05) is 24.5 Å². The summed E-state index contributed by atoms with van der Waals surface area (Å²) in [5, 5.41) is 17.8. The van der Waals surface area contributed by atoms with Gasteiger partial charge in [0.05, 0.1) is 12.1 Å². The average molecular weight is 392 g/mol. The SMILES string of the molecule is O=C(N[C@@H]1CC(Cn2ccnc2-c2ccccc2)C[C@H]1O)C1(n2cncn2)CC1. The highest BCUT2D eigenvalue weighted by Crippen LogP contribution is 2.43. The lowest BCUT2D eigenvalue weighted by Gasteiger charge is -2.21. The van der Waals surface area contributed by atoms with E-state index in [1.54, 1.807) is 11.0 Å². The number of aliphatic hydroxyl groups is 1. The van der Waals surface area contributed by atoms with Gasteiger partial charge in [-0.25, -0.2) is 14.6 Å². The summed E-state index contributed by atoms with van der Waals surface area (Å²) < 4.78 is 3.77. The smallest absolute Gasteiger partial charge is 0.248 e. The van der Waals surface area contributed by atoms with E-state index in [0.29, 0.717) is 6.42 Å². The zero-order valence-electron chi connectivity index (χ0n) is 16.1. The van der Waals surface area contributed by atoms with Crippen molar-refractivity contribution in [2.45, 2.75) is 49.9 Å². The van der Waals surface area contributed by atoms with Crippen LogP contribution < -0.4 is 5.32 Å². The van der Waals surface area contributed by atoms with Crippen LogP contribution >= 0.6 is 0 Å². The minimum atomic E-state index is -0.626. The normalized spacial score (nSPS) is 25.1. The van der Waals surface area contributed by atoms with Crippen molar-refractivity contribution in [3.8, 4) is 11.4 Å².